The van der Waals surface area contributed by atoms with Gasteiger partial charge in [0.1, 0.15) is 0 Å². The van der Waals surface area contributed by atoms with Crippen molar-refractivity contribution in [3.8, 4) is 11.5 Å². The molecule has 1 N–H and O–H groups in total. The first-order valence-electron chi connectivity index (χ1n) is 5.45. The molecule has 0 aliphatic heterocycles. The molecule has 0 radical (unpaired) electrons. The molecule has 1 aromatic rings. The van der Waals surface area contributed by atoms with Gasteiger partial charge in [-0.25, -0.2) is 0 Å². The van der Waals surface area contributed by atoms with Crippen molar-refractivity contribution in [3.63, 3.8) is 0 Å². The van der Waals surface area contributed by atoms with E-state index in [1.807, 2.05) is 13.0 Å². The van der Waals surface area contributed by atoms with E-state index in [-0.39, 0.29) is 0 Å². The summed E-state index contributed by atoms with van der Waals surface area (Å²) in [4.78, 5) is 0. The molecule has 0 fully saturated rings. The number of aliphatic hydroxyl groups is 1. The summed E-state index contributed by atoms with van der Waals surface area (Å²) in [6, 6.07) is 3.59. The highest BCUT2D eigenvalue weighted by molar-refractivity contribution is 6.32. The zero-order valence-electron chi connectivity index (χ0n) is 10.2. The number of halogens is 1. The summed E-state index contributed by atoms with van der Waals surface area (Å²) in [6.07, 6.45) is 2.96. The normalized spacial score (nSPS) is 12.8. The smallest absolute Gasteiger partial charge is 0.179 e. The van der Waals surface area contributed by atoms with E-state index < -0.39 is 6.10 Å². The molecule has 94 valence electrons. The SMILES string of the molecule is CCOc1c(Cl)cc(/C=C/C(C)O)cc1OC. The molecule has 1 atom stereocenters. The maximum absolute atomic E-state index is 9.17. The topological polar surface area (TPSA) is 38.7 Å². The van der Waals surface area contributed by atoms with Gasteiger partial charge in [-0.05, 0) is 31.5 Å². The van der Waals surface area contributed by atoms with Crippen LogP contribution in [-0.2, 0) is 0 Å². The average molecular weight is 257 g/mol. The van der Waals surface area contributed by atoms with Crippen LogP contribution >= 0.6 is 11.6 Å². The summed E-state index contributed by atoms with van der Waals surface area (Å²) in [5, 5.41) is 9.67. The van der Waals surface area contributed by atoms with Gasteiger partial charge in [-0.15, -0.1) is 0 Å². The van der Waals surface area contributed by atoms with E-state index >= 15 is 0 Å². The molecule has 3 nitrogen and oxygen atoms in total. The van der Waals surface area contributed by atoms with Gasteiger partial charge in [0.25, 0.3) is 0 Å². The van der Waals surface area contributed by atoms with Crippen LogP contribution in [0.2, 0.25) is 5.02 Å². The van der Waals surface area contributed by atoms with Crippen LogP contribution in [0.5, 0.6) is 11.5 Å². The van der Waals surface area contributed by atoms with Crippen molar-refractivity contribution in [3.05, 3.63) is 28.8 Å². The molecule has 0 aliphatic carbocycles. The van der Waals surface area contributed by atoms with Gasteiger partial charge in [-0.2, -0.15) is 0 Å². The van der Waals surface area contributed by atoms with E-state index in [1.165, 1.54) is 0 Å². The highest BCUT2D eigenvalue weighted by atomic mass is 35.5. The summed E-state index contributed by atoms with van der Waals surface area (Å²) in [5.41, 5.74) is 0.858. The van der Waals surface area contributed by atoms with Crippen LogP contribution < -0.4 is 9.47 Å². The van der Waals surface area contributed by atoms with Gasteiger partial charge >= 0.3 is 0 Å². The second-order valence-electron chi connectivity index (χ2n) is 3.57. The van der Waals surface area contributed by atoms with Crippen LogP contribution in [-0.4, -0.2) is 24.9 Å². The Morgan fingerprint density at radius 1 is 1.47 bits per heavy atom. The van der Waals surface area contributed by atoms with Crippen molar-refractivity contribution >= 4 is 17.7 Å². The number of hydrogen-bond donors (Lipinski definition) is 1. The molecule has 0 aromatic heterocycles. The fourth-order valence-corrected chi connectivity index (χ4v) is 1.64. The Labute approximate surface area is 107 Å². The van der Waals surface area contributed by atoms with Gasteiger partial charge in [-0.1, -0.05) is 23.8 Å². The molecular formula is C13H17ClO3. The quantitative estimate of drug-likeness (QED) is 0.880. The fourth-order valence-electron chi connectivity index (χ4n) is 1.37. The van der Waals surface area contributed by atoms with E-state index in [0.29, 0.717) is 23.1 Å². The monoisotopic (exact) mass is 256 g/mol. The number of rotatable bonds is 5. The van der Waals surface area contributed by atoms with Crippen LogP contribution in [0, 0.1) is 0 Å². The summed E-state index contributed by atoms with van der Waals surface area (Å²) < 4.78 is 10.6. The lowest BCUT2D eigenvalue weighted by Crippen LogP contribution is -1.97. The molecule has 0 bridgehead atoms. The van der Waals surface area contributed by atoms with Crippen LogP contribution in [0.3, 0.4) is 0 Å². The van der Waals surface area contributed by atoms with E-state index in [4.69, 9.17) is 21.1 Å². The first-order chi connectivity index (χ1) is 8.08. The average Bonchev–Trinajstić information content (AvgIpc) is 2.29. The fraction of sp³-hybridized carbons (Fsp3) is 0.385. The van der Waals surface area contributed by atoms with Gasteiger partial charge in [0.2, 0.25) is 0 Å². The molecule has 0 amide bonds. The van der Waals surface area contributed by atoms with Crippen molar-refractivity contribution in [2.24, 2.45) is 0 Å². The summed E-state index contributed by atoms with van der Waals surface area (Å²) in [6.45, 7) is 4.10. The molecule has 0 saturated carbocycles. The lowest BCUT2D eigenvalue weighted by Gasteiger charge is -2.12. The van der Waals surface area contributed by atoms with Gasteiger partial charge < -0.3 is 14.6 Å². The minimum Gasteiger partial charge on any atom is -0.493 e. The first-order valence-corrected chi connectivity index (χ1v) is 5.82. The van der Waals surface area contributed by atoms with Crippen LogP contribution in [0.1, 0.15) is 19.4 Å². The maximum Gasteiger partial charge on any atom is 0.179 e. The minimum atomic E-state index is -0.494. The van der Waals surface area contributed by atoms with E-state index in [9.17, 15) is 5.11 Å². The largest absolute Gasteiger partial charge is 0.493 e. The van der Waals surface area contributed by atoms with Crippen LogP contribution in [0.25, 0.3) is 6.08 Å². The van der Waals surface area contributed by atoms with Crippen molar-refractivity contribution in [1.82, 2.24) is 0 Å². The molecule has 4 heteroatoms. The van der Waals surface area contributed by atoms with Crippen LogP contribution in [0.15, 0.2) is 18.2 Å². The van der Waals surface area contributed by atoms with Crippen molar-refractivity contribution < 1.29 is 14.6 Å². The van der Waals surface area contributed by atoms with Gasteiger partial charge in [0.15, 0.2) is 11.5 Å². The Morgan fingerprint density at radius 3 is 2.71 bits per heavy atom. The first kappa shape index (κ1) is 13.9. The molecular weight excluding hydrogens is 240 g/mol. The minimum absolute atomic E-state index is 0.494. The summed E-state index contributed by atoms with van der Waals surface area (Å²) >= 11 is 6.11. The van der Waals surface area contributed by atoms with Gasteiger partial charge in [0.05, 0.1) is 24.8 Å². The third-order valence-electron chi connectivity index (χ3n) is 2.11. The second kappa shape index (κ2) is 6.52. The summed E-state index contributed by atoms with van der Waals surface area (Å²) in [7, 11) is 1.57. The number of benzene rings is 1. The molecule has 0 heterocycles. The van der Waals surface area contributed by atoms with E-state index in [2.05, 4.69) is 0 Å². The summed E-state index contributed by atoms with van der Waals surface area (Å²) in [5.74, 6) is 1.13. The highest BCUT2D eigenvalue weighted by Crippen LogP contribution is 2.36. The highest BCUT2D eigenvalue weighted by Gasteiger charge is 2.10. The zero-order valence-corrected chi connectivity index (χ0v) is 11.0. The van der Waals surface area contributed by atoms with E-state index in [1.54, 1.807) is 32.3 Å². The lowest BCUT2D eigenvalue weighted by atomic mass is 10.1. The van der Waals surface area contributed by atoms with Crippen molar-refractivity contribution in [2.75, 3.05) is 13.7 Å². The molecule has 0 spiro atoms. The third kappa shape index (κ3) is 3.95. The van der Waals surface area contributed by atoms with Gasteiger partial charge in [-0.3, -0.25) is 0 Å². The molecule has 1 rings (SSSR count). The molecule has 0 aliphatic rings. The molecule has 0 saturated heterocycles. The van der Waals surface area contributed by atoms with Gasteiger partial charge in [0, 0.05) is 0 Å². The predicted octanol–water partition coefficient (Wildman–Crippen LogP) is 3.14. The Hall–Kier alpha value is -1.19. The standard InChI is InChI=1S/C13H17ClO3/c1-4-17-13-11(14)7-10(6-5-9(2)15)8-12(13)16-3/h5-9,15H,4H2,1-3H3/b6-5+. The Kier molecular flexibility index (Phi) is 5.32. The third-order valence-corrected chi connectivity index (χ3v) is 2.39. The number of ether oxygens (including phenoxy) is 2. The Morgan fingerprint density at radius 2 is 2.18 bits per heavy atom. The lowest BCUT2D eigenvalue weighted by molar-refractivity contribution is 0.245. The maximum atomic E-state index is 9.17. The molecule has 1 aromatic carbocycles. The number of methoxy groups -OCH3 is 1. The van der Waals surface area contributed by atoms with E-state index in [0.717, 1.165) is 5.56 Å². The zero-order chi connectivity index (χ0) is 12.8. The second-order valence-corrected chi connectivity index (χ2v) is 3.97. The molecule has 17 heavy (non-hydrogen) atoms. The Balaban J connectivity index is 3.08. The van der Waals surface area contributed by atoms with Crippen molar-refractivity contribution in [2.45, 2.75) is 20.0 Å². The van der Waals surface area contributed by atoms with Crippen molar-refractivity contribution in [1.29, 1.82) is 0 Å². The number of hydrogen-bond acceptors (Lipinski definition) is 3. The number of aliphatic hydroxyl groups excluding tert-OH is 1. The Bertz CT molecular complexity index is 400. The van der Waals surface area contributed by atoms with Crippen LogP contribution in [0.4, 0.5) is 0 Å². The molecule has 1 unspecified atom stereocenters. The predicted molar refractivity (Wildman–Crippen MR) is 69.9 cm³/mol.